The standard InChI is InChI=1S/C28H32N6O3S/c1-6-16(4)30-18-9-7-8-10-19(18)32-26(35)25-24-23-21(13-14-29-27(23)38-25)34(28(36)33-24)20-11-12-22(31-17(20)5)37-15(2)3/h6,11-15,18-19,30H,1,4,7-10H2,2-3,5H3,(H,32,35)(H,33,36)/t18-,19+/m0/s1. The van der Waals surface area contributed by atoms with Crippen molar-refractivity contribution < 1.29 is 14.3 Å². The van der Waals surface area contributed by atoms with E-state index < -0.39 is 0 Å². The first-order valence-corrected chi connectivity index (χ1v) is 13.6. The van der Waals surface area contributed by atoms with Crippen LogP contribution >= 0.6 is 11.3 Å². The van der Waals surface area contributed by atoms with Gasteiger partial charge in [-0.1, -0.05) is 26.0 Å². The molecule has 38 heavy (non-hydrogen) atoms. The predicted molar refractivity (Wildman–Crippen MR) is 151 cm³/mol. The molecule has 0 saturated heterocycles. The Morgan fingerprint density at radius 1 is 1.21 bits per heavy atom. The molecule has 4 heterocycles. The number of nitrogens with zero attached hydrogens (tertiary/aromatic N) is 3. The Bertz CT molecular complexity index is 1430. The maximum absolute atomic E-state index is 13.5. The Labute approximate surface area is 226 Å². The van der Waals surface area contributed by atoms with Crippen LogP contribution < -0.4 is 25.6 Å². The van der Waals surface area contributed by atoms with Crippen molar-refractivity contribution >= 4 is 50.6 Å². The summed E-state index contributed by atoms with van der Waals surface area (Å²) in [7, 11) is 0. The highest BCUT2D eigenvalue weighted by atomic mass is 32.1. The second kappa shape index (κ2) is 10.4. The molecule has 2 atom stereocenters. The van der Waals surface area contributed by atoms with Gasteiger partial charge in [-0.3, -0.25) is 9.69 Å². The van der Waals surface area contributed by atoms with E-state index in [0.717, 1.165) is 36.8 Å². The highest BCUT2D eigenvalue weighted by Crippen LogP contribution is 2.46. The third-order valence-corrected chi connectivity index (χ3v) is 7.88. The summed E-state index contributed by atoms with van der Waals surface area (Å²) >= 11 is 1.28. The largest absolute Gasteiger partial charge is 0.475 e. The molecule has 2 aliphatic rings. The summed E-state index contributed by atoms with van der Waals surface area (Å²) in [4.78, 5) is 38.8. The number of hydrogen-bond acceptors (Lipinski definition) is 7. The van der Waals surface area contributed by atoms with E-state index in [4.69, 9.17) is 4.74 Å². The Morgan fingerprint density at radius 3 is 2.63 bits per heavy atom. The SMILES string of the molecule is C=CC(=C)N[C@H]1CCCC[C@H]1NC(=O)c1sc2nccc3c2c1NC(=O)N3c1ccc(OC(C)C)nc1C. The third-order valence-electron chi connectivity index (χ3n) is 6.78. The van der Waals surface area contributed by atoms with Crippen molar-refractivity contribution in [2.45, 2.75) is 64.6 Å². The van der Waals surface area contributed by atoms with Crippen LogP contribution in [0.2, 0.25) is 0 Å². The minimum absolute atomic E-state index is 0.00994. The van der Waals surface area contributed by atoms with Crippen molar-refractivity contribution in [2.24, 2.45) is 0 Å². The van der Waals surface area contributed by atoms with E-state index in [-0.39, 0.29) is 30.1 Å². The number of nitrogens with one attached hydrogen (secondary N) is 3. The van der Waals surface area contributed by atoms with E-state index in [2.05, 4.69) is 39.1 Å². The number of ether oxygens (including phenoxy) is 1. The average molecular weight is 533 g/mol. The molecule has 198 valence electrons. The second-order valence-corrected chi connectivity index (χ2v) is 10.8. The average Bonchev–Trinajstić information content (AvgIpc) is 3.25. The topological polar surface area (TPSA) is 108 Å². The van der Waals surface area contributed by atoms with Crippen molar-refractivity contribution in [3.8, 4) is 5.88 Å². The number of rotatable bonds is 8. The number of pyridine rings is 2. The van der Waals surface area contributed by atoms with Crippen molar-refractivity contribution in [1.82, 2.24) is 20.6 Å². The number of thiophene rings is 1. The fourth-order valence-electron chi connectivity index (χ4n) is 5.07. The molecular formula is C28H32N6O3S. The summed E-state index contributed by atoms with van der Waals surface area (Å²) in [5, 5.41) is 10.3. The van der Waals surface area contributed by atoms with Crippen LogP contribution in [-0.4, -0.2) is 40.1 Å². The quantitative estimate of drug-likeness (QED) is 0.317. The number of carbonyl (C=O) groups is 2. The lowest BCUT2D eigenvalue weighted by atomic mass is 9.90. The lowest BCUT2D eigenvalue weighted by Gasteiger charge is -2.33. The number of urea groups is 1. The maximum atomic E-state index is 13.5. The van der Waals surface area contributed by atoms with Gasteiger partial charge in [0.2, 0.25) is 5.88 Å². The minimum atomic E-state index is -0.362. The molecule has 0 aromatic carbocycles. The van der Waals surface area contributed by atoms with Gasteiger partial charge in [-0.15, -0.1) is 11.3 Å². The number of aryl methyl sites for hydroxylation is 1. The van der Waals surface area contributed by atoms with Crippen LogP contribution in [0.1, 0.15) is 54.9 Å². The summed E-state index contributed by atoms with van der Waals surface area (Å²) in [5.41, 5.74) is 3.17. The van der Waals surface area contributed by atoms with Gasteiger partial charge in [0, 0.05) is 30.0 Å². The van der Waals surface area contributed by atoms with E-state index in [9.17, 15) is 9.59 Å². The summed E-state index contributed by atoms with van der Waals surface area (Å²) in [6.07, 6.45) is 7.25. The molecular weight excluding hydrogens is 500 g/mol. The van der Waals surface area contributed by atoms with Gasteiger partial charge in [0.05, 0.1) is 34.2 Å². The molecule has 10 heteroatoms. The van der Waals surface area contributed by atoms with Crippen LogP contribution in [0.3, 0.4) is 0 Å². The van der Waals surface area contributed by atoms with Crippen molar-refractivity contribution in [3.05, 3.63) is 59.9 Å². The van der Waals surface area contributed by atoms with Crippen molar-refractivity contribution in [3.63, 3.8) is 0 Å². The monoisotopic (exact) mass is 532 g/mol. The van der Waals surface area contributed by atoms with Crippen LogP contribution in [0, 0.1) is 6.92 Å². The van der Waals surface area contributed by atoms with Gasteiger partial charge in [-0.2, -0.15) is 0 Å². The third kappa shape index (κ3) is 4.83. The molecule has 1 aliphatic heterocycles. The van der Waals surface area contributed by atoms with Gasteiger partial charge >= 0.3 is 6.03 Å². The molecule has 1 saturated carbocycles. The summed E-state index contributed by atoms with van der Waals surface area (Å²) in [6.45, 7) is 13.4. The first-order chi connectivity index (χ1) is 18.3. The van der Waals surface area contributed by atoms with Crippen molar-refractivity contribution in [1.29, 1.82) is 0 Å². The highest BCUT2D eigenvalue weighted by molar-refractivity contribution is 7.21. The fourth-order valence-corrected chi connectivity index (χ4v) is 6.09. The van der Waals surface area contributed by atoms with Crippen LogP contribution in [0.4, 0.5) is 21.9 Å². The Hall–Kier alpha value is -3.92. The lowest BCUT2D eigenvalue weighted by molar-refractivity contribution is 0.0922. The molecule has 3 aromatic rings. The van der Waals surface area contributed by atoms with Crippen LogP contribution in [0.5, 0.6) is 5.88 Å². The molecule has 3 N–H and O–H groups in total. The lowest BCUT2D eigenvalue weighted by Crippen LogP contribution is -2.51. The van der Waals surface area contributed by atoms with Gasteiger partial charge in [-0.25, -0.2) is 14.8 Å². The molecule has 0 radical (unpaired) electrons. The van der Waals surface area contributed by atoms with Crippen LogP contribution in [-0.2, 0) is 0 Å². The normalized spacial score (nSPS) is 18.7. The zero-order chi connectivity index (χ0) is 27.0. The first-order valence-electron chi connectivity index (χ1n) is 12.8. The summed E-state index contributed by atoms with van der Waals surface area (Å²) in [6, 6.07) is 5.02. The molecule has 9 nitrogen and oxygen atoms in total. The van der Waals surface area contributed by atoms with E-state index in [1.165, 1.54) is 11.3 Å². The van der Waals surface area contributed by atoms with Crippen LogP contribution in [0.15, 0.2) is 49.3 Å². The van der Waals surface area contributed by atoms with Gasteiger partial charge in [0.1, 0.15) is 9.71 Å². The van der Waals surface area contributed by atoms with Gasteiger partial charge in [0.15, 0.2) is 0 Å². The minimum Gasteiger partial charge on any atom is -0.475 e. The molecule has 5 rings (SSSR count). The molecule has 0 bridgehead atoms. The number of allylic oxidation sites excluding steroid dienone is 1. The molecule has 0 spiro atoms. The molecule has 1 fully saturated rings. The Kier molecular flexibility index (Phi) is 7.07. The van der Waals surface area contributed by atoms with Gasteiger partial charge in [-0.05, 0) is 51.8 Å². The second-order valence-electron chi connectivity index (χ2n) is 9.85. The van der Waals surface area contributed by atoms with E-state index >= 15 is 0 Å². The zero-order valence-corrected chi connectivity index (χ0v) is 22.7. The predicted octanol–water partition coefficient (Wildman–Crippen LogP) is 5.80. The maximum Gasteiger partial charge on any atom is 0.331 e. The first kappa shape index (κ1) is 25.7. The molecule has 3 aromatic heterocycles. The van der Waals surface area contributed by atoms with Gasteiger partial charge in [0.25, 0.3) is 5.91 Å². The smallest absolute Gasteiger partial charge is 0.331 e. The summed E-state index contributed by atoms with van der Waals surface area (Å²) in [5.74, 6) is 0.277. The number of amides is 3. The van der Waals surface area contributed by atoms with E-state index in [1.54, 1.807) is 29.3 Å². The van der Waals surface area contributed by atoms with Gasteiger partial charge < -0.3 is 20.7 Å². The Balaban J connectivity index is 1.47. The number of aromatic nitrogens is 2. The fraction of sp³-hybridized carbons (Fsp3) is 0.357. The molecule has 0 unspecified atom stereocenters. The number of hydrogen-bond donors (Lipinski definition) is 3. The highest BCUT2D eigenvalue weighted by Gasteiger charge is 2.35. The number of carbonyl (C=O) groups excluding carboxylic acids is 2. The number of anilines is 3. The summed E-state index contributed by atoms with van der Waals surface area (Å²) < 4.78 is 5.71. The van der Waals surface area contributed by atoms with Crippen LogP contribution in [0.25, 0.3) is 10.2 Å². The molecule has 1 aliphatic carbocycles. The van der Waals surface area contributed by atoms with E-state index in [1.807, 2.05) is 26.8 Å². The zero-order valence-electron chi connectivity index (χ0n) is 21.8. The van der Waals surface area contributed by atoms with Crippen molar-refractivity contribution in [2.75, 3.05) is 10.2 Å². The molecule has 3 amide bonds. The van der Waals surface area contributed by atoms with E-state index in [0.29, 0.717) is 38.3 Å². The Morgan fingerprint density at radius 2 is 1.95 bits per heavy atom.